The van der Waals surface area contributed by atoms with Crippen LogP contribution in [0.1, 0.15) is 26.2 Å². The van der Waals surface area contributed by atoms with Gasteiger partial charge in [-0.05, 0) is 25.2 Å². The summed E-state index contributed by atoms with van der Waals surface area (Å²) in [5.41, 5.74) is 0. The van der Waals surface area contributed by atoms with Gasteiger partial charge in [0, 0.05) is 12.6 Å². The molecule has 1 saturated heterocycles. The van der Waals surface area contributed by atoms with Crippen LogP contribution < -0.4 is 5.32 Å². The van der Waals surface area contributed by atoms with Crippen LogP contribution in [0, 0.1) is 5.92 Å². The molecule has 13 heavy (non-hydrogen) atoms. The normalized spacial score (nSPS) is 39.9. The van der Waals surface area contributed by atoms with E-state index in [2.05, 4.69) is 12.2 Å². The van der Waals surface area contributed by atoms with Crippen LogP contribution >= 0.6 is 0 Å². The van der Waals surface area contributed by atoms with Gasteiger partial charge in [-0.2, -0.15) is 0 Å². The molecule has 2 aliphatic rings. The van der Waals surface area contributed by atoms with Gasteiger partial charge in [0.1, 0.15) is 6.79 Å². The average Bonchev–Trinajstić information content (AvgIpc) is 2.12. The van der Waals surface area contributed by atoms with E-state index in [1.165, 1.54) is 12.8 Å². The van der Waals surface area contributed by atoms with Gasteiger partial charge in [0.15, 0.2) is 0 Å². The Balaban J connectivity index is 1.56. The number of hydrogen-bond donors (Lipinski definition) is 1. The van der Waals surface area contributed by atoms with Gasteiger partial charge in [-0.3, -0.25) is 0 Å². The lowest BCUT2D eigenvalue weighted by atomic mass is 9.82. The molecule has 1 unspecified atom stereocenters. The van der Waals surface area contributed by atoms with Crippen molar-refractivity contribution in [1.29, 1.82) is 0 Å². The molecule has 3 nitrogen and oxygen atoms in total. The molecule has 1 aliphatic carbocycles. The van der Waals surface area contributed by atoms with E-state index in [4.69, 9.17) is 9.47 Å². The third-order valence-corrected chi connectivity index (χ3v) is 2.98. The maximum atomic E-state index is 5.44. The smallest absolute Gasteiger partial charge is 0.147 e. The van der Waals surface area contributed by atoms with E-state index in [0.717, 1.165) is 31.5 Å². The zero-order valence-electron chi connectivity index (χ0n) is 8.29. The van der Waals surface area contributed by atoms with Crippen LogP contribution in [0.15, 0.2) is 0 Å². The second kappa shape index (κ2) is 4.40. The molecule has 1 atom stereocenters. The molecule has 76 valence electrons. The fourth-order valence-corrected chi connectivity index (χ4v) is 2.03. The second-order valence-electron chi connectivity index (χ2n) is 4.29. The van der Waals surface area contributed by atoms with Crippen LogP contribution in [0.5, 0.6) is 0 Å². The van der Waals surface area contributed by atoms with E-state index in [9.17, 15) is 0 Å². The molecule has 0 spiro atoms. The predicted molar refractivity (Wildman–Crippen MR) is 50.5 cm³/mol. The van der Waals surface area contributed by atoms with E-state index in [0.29, 0.717) is 12.9 Å². The zero-order chi connectivity index (χ0) is 9.10. The Morgan fingerprint density at radius 2 is 2.23 bits per heavy atom. The molecule has 0 amide bonds. The highest BCUT2D eigenvalue weighted by Crippen LogP contribution is 2.26. The van der Waals surface area contributed by atoms with Crippen LogP contribution in [0.2, 0.25) is 0 Å². The highest BCUT2D eigenvalue weighted by atomic mass is 16.7. The van der Waals surface area contributed by atoms with Crippen molar-refractivity contribution in [2.75, 3.05) is 19.9 Å². The second-order valence-corrected chi connectivity index (χ2v) is 4.29. The van der Waals surface area contributed by atoms with Crippen LogP contribution in [0.3, 0.4) is 0 Å². The highest BCUT2D eigenvalue weighted by molar-refractivity contribution is 4.83. The minimum Gasteiger partial charge on any atom is -0.355 e. The summed E-state index contributed by atoms with van der Waals surface area (Å²) < 4.78 is 10.6. The Kier molecular flexibility index (Phi) is 3.19. The topological polar surface area (TPSA) is 30.5 Å². The third kappa shape index (κ3) is 2.66. The Hall–Kier alpha value is -0.120. The maximum Gasteiger partial charge on any atom is 0.147 e. The molecular weight excluding hydrogens is 166 g/mol. The monoisotopic (exact) mass is 185 g/mol. The Morgan fingerprint density at radius 1 is 1.38 bits per heavy atom. The van der Waals surface area contributed by atoms with Gasteiger partial charge in [0.05, 0.1) is 12.7 Å². The first-order valence-electron chi connectivity index (χ1n) is 5.27. The van der Waals surface area contributed by atoms with Gasteiger partial charge in [-0.15, -0.1) is 0 Å². The summed E-state index contributed by atoms with van der Waals surface area (Å²) >= 11 is 0. The summed E-state index contributed by atoms with van der Waals surface area (Å²) in [6, 6.07) is 0.751. The van der Waals surface area contributed by atoms with Crippen molar-refractivity contribution in [2.24, 2.45) is 5.92 Å². The molecule has 1 heterocycles. The average molecular weight is 185 g/mol. The molecule has 0 aromatic rings. The summed E-state index contributed by atoms with van der Waals surface area (Å²) in [4.78, 5) is 0. The minimum absolute atomic E-state index is 0.379. The van der Waals surface area contributed by atoms with Crippen molar-refractivity contribution in [3.63, 3.8) is 0 Å². The van der Waals surface area contributed by atoms with Gasteiger partial charge in [0.2, 0.25) is 0 Å². The Morgan fingerprint density at radius 3 is 2.85 bits per heavy atom. The maximum absolute atomic E-state index is 5.44. The van der Waals surface area contributed by atoms with E-state index in [-0.39, 0.29) is 0 Å². The standard InChI is InChI=1S/C10H19NO2/c1-8-4-9(5-8)11-6-10-2-3-12-7-13-10/h8-11H,2-7H2,1H3. The molecule has 1 saturated carbocycles. The first-order chi connectivity index (χ1) is 6.34. The minimum atomic E-state index is 0.379. The molecule has 2 rings (SSSR count). The summed E-state index contributed by atoms with van der Waals surface area (Å²) in [6.07, 6.45) is 4.09. The fourth-order valence-electron chi connectivity index (χ4n) is 2.03. The third-order valence-electron chi connectivity index (χ3n) is 2.98. The van der Waals surface area contributed by atoms with Gasteiger partial charge in [-0.1, -0.05) is 6.92 Å². The number of rotatable bonds is 3. The van der Waals surface area contributed by atoms with Crippen LogP contribution in [0.4, 0.5) is 0 Å². The molecule has 2 fully saturated rings. The van der Waals surface area contributed by atoms with E-state index < -0.39 is 0 Å². The molecule has 1 aliphatic heterocycles. The quantitative estimate of drug-likeness (QED) is 0.715. The molecule has 0 aromatic heterocycles. The summed E-state index contributed by atoms with van der Waals surface area (Å²) in [6.45, 7) is 4.64. The van der Waals surface area contributed by atoms with Crippen LogP contribution in [-0.2, 0) is 9.47 Å². The summed E-state index contributed by atoms with van der Waals surface area (Å²) in [7, 11) is 0. The summed E-state index contributed by atoms with van der Waals surface area (Å²) in [5, 5.41) is 3.54. The molecular formula is C10H19NO2. The predicted octanol–water partition coefficient (Wildman–Crippen LogP) is 1.14. The molecule has 1 N–H and O–H groups in total. The summed E-state index contributed by atoms with van der Waals surface area (Å²) in [5.74, 6) is 0.924. The van der Waals surface area contributed by atoms with Gasteiger partial charge >= 0.3 is 0 Å². The first kappa shape index (κ1) is 9.44. The number of hydrogen-bond acceptors (Lipinski definition) is 3. The Bertz CT molecular complexity index is 151. The Labute approximate surface area is 79.8 Å². The molecule has 0 radical (unpaired) electrons. The SMILES string of the molecule is CC1CC(NCC2CCOCO2)C1. The van der Waals surface area contributed by atoms with Crippen molar-refractivity contribution in [3.8, 4) is 0 Å². The van der Waals surface area contributed by atoms with E-state index in [1.807, 2.05) is 0 Å². The largest absolute Gasteiger partial charge is 0.355 e. The van der Waals surface area contributed by atoms with Crippen LogP contribution in [-0.4, -0.2) is 32.1 Å². The molecule has 0 bridgehead atoms. The number of nitrogens with one attached hydrogen (secondary N) is 1. The molecule has 3 heteroatoms. The van der Waals surface area contributed by atoms with Gasteiger partial charge in [0.25, 0.3) is 0 Å². The van der Waals surface area contributed by atoms with Crippen LogP contribution in [0.25, 0.3) is 0 Å². The highest BCUT2D eigenvalue weighted by Gasteiger charge is 2.25. The fraction of sp³-hybridized carbons (Fsp3) is 1.00. The van der Waals surface area contributed by atoms with Crippen molar-refractivity contribution >= 4 is 0 Å². The molecule has 0 aromatic carbocycles. The van der Waals surface area contributed by atoms with Gasteiger partial charge in [-0.25, -0.2) is 0 Å². The lowest BCUT2D eigenvalue weighted by molar-refractivity contribution is -0.138. The van der Waals surface area contributed by atoms with Crippen molar-refractivity contribution in [2.45, 2.75) is 38.3 Å². The first-order valence-corrected chi connectivity index (χ1v) is 5.27. The lowest BCUT2D eigenvalue weighted by Crippen LogP contribution is -2.45. The van der Waals surface area contributed by atoms with Crippen molar-refractivity contribution in [3.05, 3.63) is 0 Å². The van der Waals surface area contributed by atoms with E-state index >= 15 is 0 Å². The van der Waals surface area contributed by atoms with Crippen molar-refractivity contribution < 1.29 is 9.47 Å². The van der Waals surface area contributed by atoms with Crippen molar-refractivity contribution in [1.82, 2.24) is 5.32 Å². The number of ether oxygens (including phenoxy) is 2. The van der Waals surface area contributed by atoms with E-state index in [1.54, 1.807) is 0 Å². The lowest BCUT2D eigenvalue weighted by Gasteiger charge is -2.35. The zero-order valence-corrected chi connectivity index (χ0v) is 8.29. The van der Waals surface area contributed by atoms with Gasteiger partial charge < -0.3 is 14.8 Å².